The second-order valence-corrected chi connectivity index (χ2v) is 6.04. The fourth-order valence-corrected chi connectivity index (χ4v) is 2.88. The molecule has 3 aromatic rings. The summed E-state index contributed by atoms with van der Waals surface area (Å²) in [5, 5.41) is 0. The normalized spacial score (nSPS) is 11.2. The summed E-state index contributed by atoms with van der Waals surface area (Å²) in [4.78, 5) is 4.64. The number of hydrogen-bond acceptors (Lipinski definition) is 1. The minimum Gasteiger partial charge on any atom is -0.296 e. The minimum absolute atomic E-state index is 0.244. The molecule has 1 aromatic heterocycles. The number of benzene rings is 2. The maximum Gasteiger partial charge on any atom is 0.123 e. The van der Waals surface area contributed by atoms with Crippen LogP contribution in [0.25, 0.3) is 16.7 Å². The van der Waals surface area contributed by atoms with E-state index in [1.165, 1.54) is 12.1 Å². The van der Waals surface area contributed by atoms with Crippen molar-refractivity contribution in [2.75, 3.05) is 5.88 Å². The van der Waals surface area contributed by atoms with E-state index in [9.17, 15) is 4.39 Å². The van der Waals surface area contributed by atoms with Gasteiger partial charge in [0.25, 0.3) is 0 Å². The van der Waals surface area contributed by atoms with Gasteiger partial charge in [0.2, 0.25) is 0 Å². The molecule has 2 nitrogen and oxygen atoms in total. The molecule has 0 spiro atoms. The van der Waals surface area contributed by atoms with Gasteiger partial charge in [0.15, 0.2) is 0 Å². The van der Waals surface area contributed by atoms with Crippen molar-refractivity contribution in [3.63, 3.8) is 0 Å². The van der Waals surface area contributed by atoms with Crippen molar-refractivity contribution in [2.24, 2.45) is 0 Å². The van der Waals surface area contributed by atoms with Crippen molar-refractivity contribution in [3.05, 3.63) is 57.7 Å². The van der Waals surface area contributed by atoms with E-state index in [1.54, 1.807) is 12.1 Å². The largest absolute Gasteiger partial charge is 0.296 e. The van der Waals surface area contributed by atoms with Gasteiger partial charge in [-0.25, -0.2) is 9.37 Å². The van der Waals surface area contributed by atoms with Gasteiger partial charge in [-0.15, -0.1) is 11.6 Å². The van der Waals surface area contributed by atoms with Crippen LogP contribution in [0.15, 0.2) is 42.5 Å². The van der Waals surface area contributed by atoms with Crippen molar-refractivity contribution >= 4 is 45.2 Å². The number of halogens is 3. The van der Waals surface area contributed by atoms with Gasteiger partial charge in [-0.3, -0.25) is 4.57 Å². The van der Waals surface area contributed by atoms with Gasteiger partial charge in [0.05, 0.1) is 11.0 Å². The average Bonchev–Trinajstić information content (AvgIpc) is 2.77. The van der Waals surface area contributed by atoms with Gasteiger partial charge in [-0.05, 0) is 65.1 Å². The van der Waals surface area contributed by atoms with Crippen LogP contribution >= 0.6 is 34.2 Å². The topological polar surface area (TPSA) is 17.8 Å². The van der Waals surface area contributed by atoms with Gasteiger partial charge in [0, 0.05) is 21.6 Å². The lowest BCUT2D eigenvalue weighted by Crippen LogP contribution is -2.02. The predicted octanol–water partition coefficient (Wildman–Crippen LogP) is 4.55. The summed E-state index contributed by atoms with van der Waals surface area (Å²) in [5.74, 6) is 1.15. The van der Waals surface area contributed by atoms with Crippen LogP contribution in [-0.2, 0) is 6.42 Å². The fourth-order valence-electron chi connectivity index (χ4n) is 2.23. The average molecular weight is 401 g/mol. The van der Waals surface area contributed by atoms with Crippen molar-refractivity contribution in [3.8, 4) is 5.69 Å². The van der Waals surface area contributed by atoms with E-state index in [4.69, 9.17) is 11.6 Å². The number of nitrogens with zero attached hydrogens (tertiary/aromatic N) is 2. The van der Waals surface area contributed by atoms with Crippen LogP contribution in [0.4, 0.5) is 4.39 Å². The van der Waals surface area contributed by atoms with Crippen molar-refractivity contribution in [2.45, 2.75) is 6.42 Å². The molecule has 0 saturated carbocycles. The first kappa shape index (κ1) is 13.8. The van der Waals surface area contributed by atoms with E-state index in [-0.39, 0.29) is 5.82 Å². The third kappa shape index (κ3) is 2.54. The Bertz CT molecular complexity index is 752. The lowest BCUT2D eigenvalue weighted by Gasteiger charge is -2.08. The van der Waals surface area contributed by atoms with Gasteiger partial charge >= 0.3 is 0 Å². The summed E-state index contributed by atoms with van der Waals surface area (Å²) in [6, 6.07) is 12.5. The molecule has 0 aliphatic heterocycles. The van der Waals surface area contributed by atoms with Crippen LogP contribution in [-0.4, -0.2) is 15.4 Å². The van der Waals surface area contributed by atoms with Gasteiger partial charge < -0.3 is 0 Å². The molecule has 2 aromatic carbocycles. The number of aromatic nitrogens is 2. The Morgan fingerprint density at radius 2 is 1.90 bits per heavy atom. The lowest BCUT2D eigenvalue weighted by molar-refractivity contribution is 0.627. The molecule has 1 heterocycles. The fraction of sp³-hybridized carbons (Fsp3) is 0.133. The molecule has 0 aliphatic carbocycles. The van der Waals surface area contributed by atoms with Gasteiger partial charge in [0.1, 0.15) is 11.6 Å². The molecule has 102 valence electrons. The summed E-state index contributed by atoms with van der Waals surface area (Å²) >= 11 is 8.13. The summed E-state index contributed by atoms with van der Waals surface area (Å²) in [6.07, 6.45) is 0.671. The zero-order valence-electron chi connectivity index (χ0n) is 10.5. The van der Waals surface area contributed by atoms with Crippen molar-refractivity contribution < 1.29 is 4.39 Å². The van der Waals surface area contributed by atoms with E-state index in [2.05, 4.69) is 27.6 Å². The highest BCUT2D eigenvalue weighted by molar-refractivity contribution is 14.1. The summed E-state index contributed by atoms with van der Waals surface area (Å²) < 4.78 is 16.3. The number of rotatable bonds is 3. The third-order valence-corrected chi connectivity index (χ3v) is 3.95. The van der Waals surface area contributed by atoms with E-state index >= 15 is 0 Å². The molecule has 0 unspecified atom stereocenters. The molecule has 0 bridgehead atoms. The zero-order chi connectivity index (χ0) is 14.1. The first-order valence-corrected chi connectivity index (χ1v) is 7.79. The number of aryl methyl sites for hydroxylation is 1. The lowest BCUT2D eigenvalue weighted by atomic mass is 10.2. The molecule has 5 heteroatoms. The Balaban J connectivity index is 2.25. The van der Waals surface area contributed by atoms with E-state index < -0.39 is 0 Å². The quantitative estimate of drug-likeness (QED) is 0.466. The number of alkyl halides is 1. The standard InChI is InChI=1S/C15H11ClFIN2/c16-8-7-15-19-13-9-11(18)3-6-14(13)20(15)12-4-1-10(17)2-5-12/h1-6,9H,7-8H2. The molecule has 3 rings (SSSR count). The van der Waals surface area contributed by atoms with Gasteiger partial charge in [-0.2, -0.15) is 0 Å². The van der Waals surface area contributed by atoms with E-state index in [1.807, 2.05) is 22.8 Å². The van der Waals surface area contributed by atoms with E-state index in [0.717, 1.165) is 26.1 Å². The summed E-state index contributed by atoms with van der Waals surface area (Å²) in [5.41, 5.74) is 2.84. The van der Waals surface area contributed by atoms with Crippen LogP contribution in [0.2, 0.25) is 0 Å². The Morgan fingerprint density at radius 3 is 2.60 bits per heavy atom. The maximum atomic E-state index is 13.1. The second kappa shape index (κ2) is 5.69. The highest BCUT2D eigenvalue weighted by Gasteiger charge is 2.12. The van der Waals surface area contributed by atoms with Crippen LogP contribution in [0.1, 0.15) is 5.82 Å². The first-order chi connectivity index (χ1) is 9.69. The molecule has 20 heavy (non-hydrogen) atoms. The van der Waals surface area contributed by atoms with Crippen LogP contribution < -0.4 is 0 Å². The van der Waals surface area contributed by atoms with Crippen LogP contribution in [0.5, 0.6) is 0 Å². The summed E-state index contributed by atoms with van der Waals surface area (Å²) in [7, 11) is 0. The minimum atomic E-state index is -0.244. The van der Waals surface area contributed by atoms with Crippen molar-refractivity contribution in [1.29, 1.82) is 0 Å². The molecule has 0 aliphatic rings. The zero-order valence-corrected chi connectivity index (χ0v) is 13.4. The Morgan fingerprint density at radius 1 is 1.15 bits per heavy atom. The Kier molecular flexibility index (Phi) is 3.94. The molecular weight excluding hydrogens is 390 g/mol. The SMILES string of the molecule is Fc1ccc(-n2c(CCCl)nc3cc(I)ccc32)cc1. The molecule has 0 saturated heterocycles. The predicted molar refractivity (Wildman–Crippen MR) is 88.2 cm³/mol. The molecule has 0 N–H and O–H groups in total. The highest BCUT2D eigenvalue weighted by atomic mass is 127. The van der Waals surface area contributed by atoms with Crippen LogP contribution in [0, 0.1) is 9.39 Å². The smallest absolute Gasteiger partial charge is 0.123 e. The maximum absolute atomic E-state index is 13.1. The van der Waals surface area contributed by atoms with E-state index in [0.29, 0.717) is 12.3 Å². The second-order valence-electron chi connectivity index (χ2n) is 4.41. The first-order valence-electron chi connectivity index (χ1n) is 6.18. The molecule has 0 radical (unpaired) electrons. The van der Waals surface area contributed by atoms with Gasteiger partial charge in [-0.1, -0.05) is 0 Å². The molecule has 0 amide bonds. The summed E-state index contributed by atoms with van der Waals surface area (Å²) in [6.45, 7) is 0. The number of imidazole rings is 1. The highest BCUT2D eigenvalue weighted by Crippen LogP contribution is 2.24. The van der Waals surface area contributed by atoms with Crippen LogP contribution in [0.3, 0.4) is 0 Å². The monoisotopic (exact) mass is 400 g/mol. The Labute approximate surface area is 134 Å². The third-order valence-electron chi connectivity index (χ3n) is 3.09. The van der Waals surface area contributed by atoms with Crippen molar-refractivity contribution in [1.82, 2.24) is 9.55 Å². The molecule has 0 atom stereocenters. The molecular formula is C15H11ClFIN2. The number of fused-ring (bicyclic) bond motifs is 1. The molecule has 0 fully saturated rings. The Hall–Kier alpha value is -1.14. The number of hydrogen-bond donors (Lipinski definition) is 0.